The van der Waals surface area contributed by atoms with E-state index in [-0.39, 0.29) is 8.65 Å². The summed E-state index contributed by atoms with van der Waals surface area (Å²) in [6.07, 6.45) is 0.724. The number of halogens is 2. The largest absolute Gasteiger partial charge is 0.346 e. The van der Waals surface area contributed by atoms with Crippen molar-refractivity contribution >= 4 is 37.6 Å². The summed E-state index contributed by atoms with van der Waals surface area (Å²) >= 11 is 7.84. The topological polar surface area (TPSA) is 35.5 Å². The molecule has 6 aliphatic carbocycles. The Morgan fingerprint density at radius 3 is 2.39 bits per heavy atom. The van der Waals surface area contributed by atoms with E-state index in [0.717, 1.165) is 6.42 Å². The summed E-state index contributed by atoms with van der Waals surface area (Å²) in [5.41, 5.74) is 0. The lowest BCUT2D eigenvalue weighted by atomic mass is 9.30. The number of ether oxygens (including phenoxy) is 2. The highest BCUT2D eigenvalue weighted by atomic mass is 79.9. The van der Waals surface area contributed by atoms with Crippen LogP contribution in [0.15, 0.2) is 0 Å². The van der Waals surface area contributed by atoms with Gasteiger partial charge >= 0.3 is 0 Å². The molecule has 0 aromatic heterocycles. The third-order valence-electron chi connectivity index (χ3n) is 6.95. The molecule has 0 aromatic rings. The van der Waals surface area contributed by atoms with Gasteiger partial charge in [-0.25, -0.2) is 0 Å². The second kappa shape index (κ2) is 2.42. The van der Waals surface area contributed by atoms with Crippen LogP contribution >= 0.6 is 31.9 Å². The fourth-order valence-corrected chi connectivity index (χ4v) is 9.84. The predicted octanol–water partition coefficient (Wildman–Crippen LogP) is 1.72. The van der Waals surface area contributed by atoms with E-state index < -0.39 is 5.79 Å². The molecule has 7 rings (SSSR count). The van der Waals surface area contributed by atoms with Crippen LogP contribution in [0.1, 0.15) is 6.42 Å². The summed E-state index contributed by atoms with van der Waals surface area (Å²) in [4.78, 5) is 12.3. The van der Waals surface area contributed by atoms with Crippen molar-refractivity contribution in [2.75, 3.05) is 13.2 Å². The van der Waals surface area contributed by atoms with E-state index in [9.17, 15) is 4.79 Å². The summed E-state index contributed by atoms with van der Waals surface area (Å²) in [5, 5.41) is 0. The molecule has 1 aliphatic heterocycles. The molecule has 5 heteroatoms. The third-order valence-corrected chi connectivity index (χ3v) is 10.1. The van der Waals surface area contributed by atoms with Crippen molar-refractivity contribution in [1.82, 2.24) is 0 Å². The molecule has 96 valence electrons. The fourth-order valence-electron chi connectivity index (χ4n) is 6.85. The van der Waals surface area contributed by atoms with Crippen molar-refractivity contribution in [1.29, 1.82) is 0 Å². The standard InChI is InChI=1S/C13H12Br2O3/c14-11-5(16)3-4-6-8(11)10-9(11)7(4)13(12(6,10)15)17-1-2-18-13/h4,6-10H,1-3H2/t4-,6+,7+,8-,9-,10+,11+,12+/m1/s1. The van der Waals surface area contributed by atoms with Gasteiger partial charge in [-0.3, -0.25) is 4.79 Å². The Balaban J connectivity index is 1.64. The Labute approximate surface area is 121 Å². The number of ketones is 1. The van der Waals surface area contributed by atoms with Gasteiger partial charge in [0.15, 0.2) is 5.79 Å². The second-order valence-electron chi connectivity index (χ2n) is 6.82. The predicted molar refractivity (Wildman–Crippen MR) is 68.5 cm³/mol. The van der Waals surface area contributed by atoms with E-state index >= 15 is 0 Å². The molecule has 7 aliphatic rings. The van der Waals surface area contributed by atoms with Gasteiger partial charge < -0.3 is 9.47 Å². The lowest BCUT2D eigenvalue weighted by Gasteiger charge is -2.78. The zero-order valence-electron chi connectivity index (χ0n) is 9.57. The number of carbonyl (C=O) groups is 1. The van der Waals surface area contributed by atoms with Gasteiger partial charge in [-0.2, -0.15) is 0 Å². The summed E-state index contributed by atoms with van der Waals surface area (Å²) in [6, 6.07) is 0. The minimum Gasteiger partial charge on any atom is -0.346 e. The van der Waals surface area contributed by atoms with Crippen LogP contribution < -0.4 is 0 Å². The molecule has 4 bridgehead atoms. The molecule has 0 aromatic carbocycles. The maximum absolute atomic E-state index is 12.3. The van der Waals surface area contributed by atoms with Gasteiger partial charge in [-0.05, 0) is 29.6 Å². The molecule has 18 heavy (non-hydrogen) atoms. The fraction of sp³-hybridized carbons (Fsp3) is 0.923. The first-order valence-electron chi connectivity index (χ1n) is 6.77. The van der Waals surface area contributed by atoms with E-state index in [1.165, 1.54) is 0 Å². The van der Waals surface area contributed by atoms with Crippen molar-refractivity contribution in [3.8, 4) is 0 Å². The molecule has 3 nitrogen and oxygen atoms in total. The Morgan fingerprint density at radius 1 is 1.00 bits per heavy atom. The first kappa shape index (κ1) is 10.3. The summed E-state index contributed by atoms with van der Waals surface area (Å²) in [6.45, 7) is 1.41. The van der Waals surface area contributed by atoms with Crippen molar-refractivity contribution in [3.63, 3.8) is 0 Å². The van der Waals surface area contributed by atoms with E-state index in [1.807, 2.05) is 0 Å². The van der Waals surface area contributed by atoms with E-state index in [1.54, 1.807) is 0 Å². The Morgan fingerprint density at radius 2 is 1.67 bits per heavy atom. The molecule has 8 atom stereocenters. The molecule has 0 radical (unpaired) electrons. The molecule has 1 heterocycles. The van der Waals surface area contributed by atoms with Crippen LogP contribution in [0.5, 0.6) is 0 Å². The minimum absolute atomic E-state index is 0.0130. The number of hydrogen-bond donors (Lipinski definition) is 0. The highest BCUT2D eigenvalue weighted by Gasteiger charge is 3.01. The Kier molecular flexibility index (Phi) is 1.39. The highest BCUT2D eigenvalue weighted by Crippen LogP contribution is 2.94. The van der Waals surface area contributed by atoms with Gasteiger partial charge in [0.25, 0.3) is 0 Å². The van der Waals surface area contributed by atoms with E-state index in [2.05, 4.69) is 31.9 Å². The Bertz CT molecular complexity index is 530. The smallest absolute Gasteiger partial charge is 0.187 e. The molecule has 0 N–H and O–H groups in total. The first-order chi connectivity index (χ1) is 8.58. The lowest BCUT2D eigenvalue weighted by molar-refractivity contribution is -0.225. The molecule has 6 saturated carbocycles. The summed E-state index contributed by atoms with van der Waals surface area (Å²) < 4.78 is 12.0. The van der Waals surface area contributed by atoms with E-state index in [0.29, 0.717) is 54.5 Å². The molecular formula is C13H12Br2O3. The number of carbonyl (C=O) groups excluding carboxylic acids is 1. The number of hydrogen-bond acceptors (Lipinski definition) is 3. The maximum Gasteiger partial charge on any atom is 0.187 e. The van der Waals surface area contributed by atoms with Crippen LogP contribution in [0.3, 0.4) is 0 Å². The van der Waals surface area contributed by atoms with E-state index in [4.69, 9.17) is 9.47 Å². The third kappa shape index (κ3) is 0.587. The van der Waals surface area contributed by atoms with Gasteiger partial charge in [0.05, 0.1) is 21.9 Å². The van der Waals surface area contributed by atoms with Gasteiger partial charge in [-0.15, -0.1) is 0 Å². The molecule has 0 unspecified atom stereocenters. The van der Waals surface area contributed by atoms with Crippen LogP contribution in [0.4, 0.5) is 0 Å². The molecule has 1 spiro atoms. The van der Waals surface area contributed by atoms with Crippen LogP contribution in [0.2, 0.25) is 0 Å². The van der Waals surface area contributed by atoms with Crippen LogP contribution in [-0.4, -0.2) is 33.4 Å². The Hall–Kier alpha value is 0.550. The lowest BCUT2D eigenvalue weighted by Crippen LogP contribution is -2.85. The first-order valence-corrected chi connectivity index (χ1v) is 8.36. The van der Waals surface area contributed by atoms with Crippen molar-refractivity contribution in [2.24, 2.45) is 35.5 Å². The summed E-state index contributed by atoms with van der Waals surface area (Å²) in [7, 11) is 0. The number of Topliss-reactive ketones (excluding diaryl/α,β-unsaturated/α-hetero) is 1. The van der Waals surface area contributed by atoms with Crippen LogP contribution in [0.25, 0.3) is 0 Å². The van der Waals surface area contributed by atoms with Crippen molar-refractivity contribution in [2.45, 2.75) is 20.9 Å². The van der Waals surface area contributed by atoms with Crippen LogP contribution in [0, 0.1) is 35.5 Å². The molecule has 1 saturated heterocycles. The number of alkyl halides is 2. The maximum atomic E-state index is 12.3. The zero-order chi connectivity index (χ0) is 12.1. The normalized spacial score (nSPS) is 71.8. The van der Waals surface area contributed by atoms with Gasteiger partial charge in [-0.1, -0.05) is 31.9 Å². The van der Waals surface area contributed by atoms with Crippen molar-refractivity contribution < 1.29 is 14.3 Å². The number of rotatable bonds is 0. The van der Waals surface area contributed by atoms with Crippen LogP contribution in [-0.2, 0) is 14.3 Å². The number of fused-ring (bicyclic) bond motifs is 1. The zero-order valence-corrected chi connectivity index (χ0v) is 12.7. The average molecular weight is 376 g/mol. The summed E-state index contributed by atoms with van der Waals surface area (Å²) in [5.74, 6) is 3.09. The molecular weight excluding hydrogens is 364 g/mol. The highest BCUT2D eigenvalue weighted by molar-refractivity contribution is 9.10. The molecule has 7 fully saturated rings. The van der Waals surface area contributed by atoms with Gasteiger partial charge in [0, 0.05) is 12.3 Å². The average Bonchev–Trinajstić information content (AvgIpc) is 2.90. The molecule has 0 amide bonds. The quantitative estimate of drug-likeness (QED) is 0.605. The SMILES string of the molecule is O=C1C[C@H]2[C@H]3[C@@H]4[C@@H]5[C@@H]([C@H]2[C@@]5(Br)C32OCCO2)[C@@]14Br. The van der Waals surface area contributed by atoms with Gasteiger partial charge in [0.1, 0.15) is 5.78 Å². The van der Waals surface area contributed by atoms with Crippen molar-refractivity contribution in [3.05, 3.63) is 0 Å². The second-order valence-corrected chi connectivity index (χ2v) is 9.44. The monoisotopic (exact) mass is 374 g/mol. The minimum atomic E-state index is -0.412. The van der Waals surface area contributed by atoms with Gasteiger partial charge in [0.2, 0.25) is 0 Å².